The second-order valence-electron chi connectivity index (χ2n) is 2.75. The van der Waals surface area contributed by atoms with Gasteiger partial charge in [0.15, 0.2) is 5.41 Å². The van der Waals surface area contributed by atoms with Crippen LogP contribution in [0.4, 0.5) is 4.39 Å². The number of esters is 2. The molecule has 0 bridgehead atoms. The van der Waals surface area contributed by atoms with E-state index in [1.54, 1.807) is 0 Å². The van der Waals surface area contributed by atoms with E-state index >= 15 is 0 Å². The van der Waals surface area contributed by atoms with Crippen LogP contribution in [0.2, 0.25) is 0 Å². The largest absolute Gasteiger partial charge is 0.468 e. The van der Waals surface area contributed by atoms with E-state index in [1.165, 1.54) is 6.92 Å². The first-order valence-corrected chi connectivity index (χ1v) is 3.75. The number of ether oxygens (including phenoxy) is 2. The number of carbonyl (C=O) groups excluding carboxylic acids is 2. The number of hydrogen-bond acceptors (Lipinski definition) is 4. The van der Waals surface area contributed by atoms with Crippen molar-refractivity contribution in [2.24, 2.45) is 5.41 Å². The van der Waals surface area contributed by atoms with Crippen molar-refractivity contribution in [2.45, 2.75) is 13.3 Å². The fourth-order valence-electron chi connectivity index (χ4n) is 0.927. The molecule has 0 atom stereocenters. The number of halogens is 1. The van der Waals surface area contributed by atoms with Gasteiger partial charge in [0, 0.05) is 6.42 Å². The Labute approximate surface area is 76.0 Å². The SMILES string of the molecule is COC(=O)C(C)(CCF)C(=O)OC. The van der Waals surface area contributed by atoms with Gasteiger partial charge in [-0.15, -0.1) is 0 Å². The summed E-state index contributed by atoms with van der Waals surface area (Å²) >= 11 is 0. The lowest BCUT2D eigenvalue weighted by Gasteiger charge is -2.21. The zero-order valence-corrected chi connectivity index (χ0v) is 7.93. The predicted octanol–water partition coefficient (Wildman–Crippen LogP) is 0.698. The molecule has 0 rings (SSSR count). The Morgan fingerprint density at radius 1 is 1.23 bits per heavy atom. The molecular weight excluding hydrogens is 179 g/mol. The molecule has 0 aliphatic carbocycles. The number of rotatable bonds is 4. The molecule has 0 N–H and O–H groups in total. The van der Waals surface area contributed by atoms with Crippen molar-refractivity contribution < 1.29 is 23.5 Å². The summed E-state index contributed by atoms with van der Waals surface area (Å²) in [5, 5.41) is 0. The first-order chi connectivity index (χ1) is 6.02. The molecule has 0 aromatic carbocycles. The molecule has 0 heterocycles. The second kappa shape index (κ2) is 4.79. The predicted molar refractivity (Wildman–Crippen MR) is 42.7 cm³/mol. The summed E-state index contributed by atoms with van der Waals surface area (Å²) in [6.45, 7) is 0.519. The molecule has 0 aliphatic rings. The van der Waals surface area contributed by atoms with E-state index in [0.29, 0.717) is 0 Å². The number of methoxy groups -OCH3 is 2. The molecular formula is C8H13FO4. The molecule has 0 amide bonds. The fourth-order valence-corrected chi connectivity index (χ4v) is 0.927. The normalized spacial score (nSPS) is 10.8. The zero-order valence-electron chi connectivity index (χ0n) is 7.93. The first-order valence-electron chi connectivity index (χ1n) is 3.75. The average Bonchev–Trinajstić information content (AvgIpc) is 2.15. The van der Waals surface area contributed by atoms with Crippen molar-refractivity contribution in [3.05, 3.63) is 0 Å². The van der Waals surface area contributed by atoms with E-state index in [1.807, 2.05) is 0 Å². The quantitative estimate of drug-likeness (QED) is 0.486. The summed E-state index contributed by atoms with van der Waals surface area (Å²) in [6, 6.07) is 0. The molecule has 0 aromatic heterocycles. The maximum atomic E-state index is 12.1. The summed E-state index contributed by atoms with van der Waals surface area (Å²) in [4.78, 5) is 22.3. The molecule has 13 heavy (non-hydrogen) atoms. The third-order valence-corrected chi connectivity index (χ3v) is 1.87. The van der Waals surface area contributed by atoms with Crippen LogP contribution in [-0.4, -0.2) is 32.8 Å². The van der Waals surface area contributed by atoms with Crippen molar-refractivity contribution >= 4 is 11.9 Å². The minimum absolute atomic E-state index is 0.230. The van der Waals surface area contributed by atoms with Gasteiger partial charge < -0.3 is 9.47 Å². The standard InChI is InChI=1S/C8H13FO4/c1-8(4-5-9,6(10)12-2)7(11)13-3/h4-5H2,1-3H3. The van der Waals surface area contributed by atoms with Crippen molar-refractivity contribution in [3.8, 4) is 0 Å². The van der Waals surface area contributed by atoms with Gasteiger partial charge in [0.1, 0.15) is 0 Å². The lowest BCUT2D eigenvalue weighted by molar-refractivity contribution is -0.168. The van der Waals surface area contributed by atoms with Gasteiger partial charge in [-0.05, 0) is 6.92 Å². The maximum Gasteiger partial charge on any atom is 0.323 e. The van der Waals surface area contributed by atoms with E-state index in [2.05, 4.69) is 9.47 Å². The highest BCUT2D eigenvalue weighted by Gasteiger charge is 2.43. The maximum absolute atomic E-state index is 12.1. The first kappa shape index (κ1) is 11.9. The van der Waals surface area contributed by atoms with Gasteiger partial charge in [-0.1, -0.05) is 0 Å². The molecule has 0 saturated carbocycles. The summed E-state index contributed by atoms with van der Waals surface area (Å²) in [7, 11) is 2.28. The van der Waals surface area contributed by atoms with E-state index < -0.39 is 24.0 Å². The van der Waals surface area contributed by atoms with Crippen molar-refractivity contribution in [2.75, 3.05) is 20.9 Å². The van der Waals surface area contributed by atoms with Crippen LogP contribution < -0.4 is 0 Å². The summed E-state index contributed by atoms with van der Waals surface area (Å²) in [5.74, 6) is -1.56. The van der Waals surface area contributed by atoms with Gasteiger partial charge in [-0.3, -0.25) is 14.0 Å². The van der Waals surface area contributed by atoms with Gasteiger partial charge in [-0.2, -0.15) is 0 Å². The van der Waals surface area contributed by atoms with Crippen LogP contribution in [0.15, 0.2) is 0 Å². The molecule has 0 aliphatic heterocycles. The third-order valence-electron chi connectivity index (χ3n) is 1.87. The van der Waals surface area contributed by atoms with Crippen LogP contribution in [0.5, 0.6) is 0 Å². The van der Waals surface area contributed by atoms with Crippen LogP contribution >= 0.6 is 0 Å². The van der Waals surface area contributed by atoms with E-state index in [4.69, 9.17) is 0 Å². The Balaban J connectivity index is 4.71. The zero-order chi connectivity index (χ0) is 10.5. The molecule has 0 aromatic rings. The average molecular weight is 192 g/mol. The number of alkyl halides is 1. The number of hydrogen-bond donors (Lipinski definition) is 0. The highest BCUT2D eigenvalue weighted by atomic mass is 19.1. The Morgan fingerprint density at radius 2 is 1.62 bits per heavy atom. The molecule has 0 fully saturated rings. The molecule has 5 heteroatoms. The number of carbonyl (C=O) groups is 2. The van der Waals surface area contributed by atoms with Crippen LogP contribution in [0.1, 0.15) is 13.3 Å². The fraction of sp³-hybridized carbons (Fsp3) is 0.750. The summed E-state index contributed by atoms with van der Waals surface area (Å²) < 4.78 is 20.8. The third kappa shape index (κ3) is 2.40. The summed E-state index contributed by atoms with van der Waals surface area (Å²) in [6.07, 6.45) is -0.230. The minimum Gasteiger partial charge on any atom is -0.468 e. The van der Waals surface area contributed by atoms with Gasteiger partial charge in [0.2, 0.25) is 0 Å². The van der Waals surface area contributed by atoms with Crippen molar-refractivity contribution in [1.82, 2.24) is 0 Å². The Kier molecular flexibility index (Phi) is 4.37. The minimum atomic E-state index is -1.53. The van der Waals surface area contributed by atoms with E-state index in [0.717, 1.165) is 14.2 Å². The van der Waals surface area contributed by atoms with E-state index in [9.17, 15) is 14.0 Å². The highest BCUT2D eigenvalue weighted by molar-refractivity contribution is 5.99. The van der Waals surface area contributed by atoms with Crippen LogP contribution in [0, 0.1) is 5.41 Å². The topological polar surface area (TPSA) is 52.6 Å². The molecule has 76 valence electrons. The van der Waals surface area contributed by atoms with Gasteiger partial charge in [0.25, 0.3) is 0 Å². The molecule has 0 unspecified atom stereocenters. The monoisotopic (exact) mass is 192 g/mol. The second-order valence-corrected chi connectivity index (χ2v) is 2.75. The van der Waals surface area contributed by atoms with Crippen LogP contribution in [0.25, 0.3) is 0 Å². The molecule has 0 spiro atoms. The molecule has 0 radical (unpaired) electrons. The van der Waals surface area contributed by atoms with Gasteiger partial charge in [0.05, 0.1) is 20.9 Å². The molecule has 0 saturated heterocycles. The molecule has 4 nitrogen and oxygen atoms in total. The summed E-state index contributed by atoms with van der Waals surface area (Å²) in [5.41, 5.74) is -1.53. The Hall–Kier alpha value is -1.13. The van der Waals surface area contributed by atoms with Gasteiger partial charge >= 0.3 is 11.9 Å². The van der Waals surface area contributed by atoms with Crippen molar-refractivity contribution in [3.63, 3.8) is 0 Å². The smallest absolute Gasteiger partial charge is 0.323 e. The van der Waals surface area contributed by atoms with Crippen LogP contribution in [-0.2, 0) is 19.1 Å². The lowest BCUT2D eigenvalue weighted by atomic mass is 9.87. The lowest BCUT2D eigenvalue weighted by Crippen LogP contribution is -2.38. The van der Waals surface area contributed by atoms with Crippen molar-refractivity contribution in [1.29, 1.82) is 0 Å². The van der Waals surface area contributed by atoms with Gasteiger partial charge in [-0.25, -0.2) is 0 Å². The Bertz CT molecular complexity index is 186. The van der Waals surface area contributed by atoms with E-state index in [-0.39, 0.29) is 6.42 Å². The van der Waals surface area contributed by atoms with Crippen LogP contribution in [0.3, 0.4) is 0 Å². The highest BCUT2D eigenvalue weighted by Crippen LogP contribution is 2.24. The Morgan fingerprint density at radius 3 is 1.85 bits per heavy atom.